The summed E-state index contributed by atoms with van der Waals surface area (Å²) in [4.78, 5) is 27.4. The van der Waals surface area contributed by atoms with Crippen LogP contribution in [0.2, 0.25) is 0 Å². The molecule has 148 valence electrons. The Bertz CT molecular complexity index is 1080. The maximum atomic E-state index is 12.9. The van der Waals surface area contributed by atoms with Crippen molar-refractivity contribution in [1.29, 1.82) is 0 Å². The van der Waals surface area contributed by atoms with Crippen molar-refractivity contribution >= 4 is 22.6 Å². The van der Waals surface area contributed by atoms with Gasteiger partial charge in [0.15, 0.2) is 6.10 Å². The van der Waals surface area contributed by atoms with E-state index in [1.165, 1.54) is 12.7 Å². The van der Waals surface area contributed by atoms with Gasteiger partial charge in [0.05, 0.1) is 7.11 Å². The number of amides is 1. The van der Waals surface area contributed by atoms with Crippen molar-refractivity contribution in [3.05, 3.63) is 77.4 Å². The summed E-state index contributed by atoms with van der Waals surface area (Å²) in [5.74, 6) is -0.321. The minimum absolute atomic E-state index is 0.187. The Hall–Kier alpha value is -3.34. The minimum Gasteiger partial charge on any atom is -0.496 e. The van der Waals surface area contributed by atoms with Gasteiger partial charge in [-0.15, -0.1) is 0 Å². The van der Waals surface area contributed by atoms with E-state index in [0.717, 1.165) is 22.8 Å². The fourth-order valence-corrected chi connectivity index (χ4v) is 3.76. The SMILES string of the molecule is COc1cc2ccccc2cc1C(=O)OC(C)C(=O)N1CCc2ccccc2C1. The molecule has 0 spiro atoms. The summed E-state index contributed by atoms with van der Waals surface area (Å²) >= 11 is 0. The average molecular weight is 389 g/mol. The fourth-order valence-electron chi connectivity index (χ4n) is 3.76. The van der Waals surface area contributed by atoms with Crippen molar-refractivity contribution < 1.29 is 19.1 Å². The van der Waals surface area contributed by atoms with Crippen molar-refractivity contribution in [1.82, 2.24) is 4.90 Å². The van der Waals surface area contributed by atoms with Crippen molar-refractivity contribution in [3.63, 3.8) is 0 Å². The smallest absolute Gasteiger partial charge is 0.342 e. The molecule has 0 saturated carbocycles. The normalized spacial score (nSPS) is 14.2. The quantitative estimate of drug-likeness (QED) is 0.634. The molecule has 1 heterocycles. The zero-order valence-electron chi connectivity index (χ0n) is 16.6. The van der Waals surface area contributed by atoms with E-state index in [1.54, 1.807) is 24.0 Å². The van der Waals surface area contributed by atoms with Gasteiger partial charge in [-0.1, -0.05) is 48.5 Å². The molecule has 0 saturated heterocycles. The number of benzene rings is 3. The van der Waals surface area contributed by atoms with Crippen LogP contribution in [0.25, 0.3) is 10.8 Å². The summed E-state index contributed by atoms with van der Waals surface area (Å²) in [5.41, 5.74) is 2.72. The van der Waals surface area contributed by atoms with E-state index in [0.29, 0.717) is 24.4 Å². The maximum absolute atomic E-state index is 12.9. The first-order valence-corrected chi connectivity index (χ1v) is 9.70. The number of ether oxygens (including phenoxy) is 2. The summed E-state index contributed by atoms with van der Waals surface area (Å²) in [6.45, 7) is 2.78. The van der Waals surface area contributed by atoms with Gasteiger partial charge in [0.1, 0.15) is 11.3 Å². The highest BCUT2D eigenvalue weighted by atomic mass is 16.5. The molecule has 4 rings (SSSR count). The van der Waals surface area contributed by atoms with Crippen LogP contribution in [-0.2, 0) is 22.5 Å². The molecule has 1 aliphatic rings. The minimum atomic E-state index is -0.871. The lowest BCUT2D eigenvalue weighted by Crippen LogP contribution is -2.42. The number of hydrogen-bond donors (Lipinski definition) is 0. The number of carbonyl (C=O) groups excluding carboxylic acids is 2. The topological polar surface area (TPSA) is 55.8 Å². The Labute approximate surface area is 169 Å². The predicted molar refractivity (Wildman–Crippen MR) is 111 cm³/mol. The van der Waals surface area contributed by atoms with E-state index in [1.807, 2.05) is 42.5 Å². The maximum Gasteiger partial charge on any atom is 0.342 e. The van der Waals surface area contributed by atoms with Gasteiger partial charge in [0.25, 0.3) is 5.91 Å². The van der Waals surface area contributed by atoms with Crippen molar-refractivity contribution in [2.75, 3.05) is 13.7 Å². The Balaban J connectivity index is 1.50. The molecule has 1 unspecified atom stereocenters. The first-order chi connectivity index (χ1) is 14.1. The van der Waals surface area contributed by atoms with E-state index < -0.39 is 12.1 Å². The zero-order valence-corrected chi connectivity index (χ0v) is 16.6. The first-order valence-electron chi connectivity index (χ1n) is 9.70. The fraction of sp³-hybridized carbons (Fsp3) is 0.250. The lowest BCUT2D eigenvalue weighted by atomic mass is 9.99. The lowest BCUT2D eigenvalue weighted by Gasteiger charge is -2.30. The second kappa shape index (κ2) is 7.95. The van der Waals surface area contributed by atoms with Crippen molar-refractivity contribution in [2.45, 2.75) is 26.0 Å². The molecule has 5 heteroatoms. The Morgan fingerprint density at radius 3 is 2.34 bits per heavy atom. The summed E-state index contributed by atoms with van der Waals surface area (Å²) < 4.78 is 10.9. The van der Waals surface area contributed by atoms with Gasteiger partial charge in [-0.25, -0.2) is 4.79 Å². The van der Waals surface area contributed by atoms with Crippen LogP contribution in [0.3, 0.4) is 0 Å². The van der Waals surface area contributed by atoms with Crippen LogP contribution in [0.5, 0.6) is 5.75 Å². The van der Waals surface area contributed by atoms with Gasteiger partial charge in [-0.2, -0.15) is 0 Å². The molecule has 0 aliphatic carbocycles. The predicted octanol–water partition coefficient (Wildman–Crippen LogP) is 3.98. The van der Waals surface area contributed by atoms with Crippen LogP contribution in [0.1, 0.15) is 28.4 Å². The van der Waals surface area contributed by atoms with Crippen LogP contribution < -0.4 is 4.74 Å². The molecule has 29 heavy (non-hydrogen) atoms. The highest BCUT2D eigenvalue weighted by molar-refractivity contribution is 5.99. The zero-order chi connectivity index (χ0) is 20.4. The Morgan fingerprint density at radius 1 is 0.966 bits per heavy atom. The van der Waals surface area contributed by atoms with Crippen LogP contribution in [0.4, 0.5) is 0 Å². The Kier molecular flexibility index (Phi) is 5.21. The van der Waals surface area contributed by atoms with Gasteiger partial charge < -0.3 is 14.4 Å². The number of rotatable bonds is 4. The number of fused-ring (bicyclic) bond motifs is 2. The van der Waals surface area contributed by atoms with E-state index in [9.17, 15) is 9.59 Å². The molecule has 5 nitrogen and oxygen atoms in total. The number of methoxy groups -OCH3 is 1. The van der Waals surface area contributed by atoms with Crippen molar-refractivity contribution in [3.8, 4) is 5.75 Å². The molecular weight excluding hydrogens is 366 g/mol. The number of hydrogen-bond acceptors (Lipinski definition) is 4. The monoisotopic (exact) mass is 389 g/mol. The molecule has 0 bridgehead atoms. The third-order valence-electron chi connectivity index (χ3n) is 5.36. The number of nitrogens with zero attached hydrogens (tertiary/aromatic N) is 1. The van der Waals surface area contributed by atoms with Gasteiger partial charge >= 0.3 is 5.97 Å². The summed E-state index contributed by atoms with van der Waals surface area (Å²) in [5, 5.41) is 1.88. The molecule has 0 N–H and O–H groups in total. The molecule has 3 aromatic rings. The third-order valence-corrected chi connectivity index (χ3v) is 5.36. The molecule has 0 aromatic heterocycles. The molecule has 1 atom stereocenters. The van der Waals surface area contributed by atoms with Crippen LogP contribution in [0.15, 0.2) is 60.7 Å². The lowest BCUT2D eigenvalue weighted by molar-refractivity contribution is -0.140. The Morgan fingerprint density at radius 2 is 1.62 bits per heavy atom. The summed E-state index contributed by atoms with van der Waals surface area (Å²) in [6.07, 6.45) is -0.0647. The second-order valence-electron chi connectivity index (χ2n) is 7.23. The first kappa shape index (κ1) is 19.0. The highest BCUT2D eigenvalue weighted by Gasteiger charge is 2.28. The molecule has 1 aliphatic heterocycles. The van der Waals surface area contributed by atoms with Gasteiger partial charge in [0.2, 0.25) is 0 Å². The largest absolute Gasteiger partial charge is 0.496 e. The van der Waals surface area contributed by atoms with E-state index in [4.69, 9.17) is 9.47 Å². The molecule has 0 fully saturated rings. The van der Waals surface area contributed by atoms with Crippen LogP contribution in [-0.4, -0.2) is 36.5 Å². The highest BCUT2D eigenvalue weighted by Crippen LogP contribution is 2.27. The van der Waals surface area contributed by atoms with Crippen molar-refractivity contribution in [2.24, 2.45) is 0 Å². The average Bonchev–Trinajstić information content (AvgIpc) is 2.77. The van der Waals surface area contributed by atoms with Crippen LogP contribution in [0, 0.1) is 0 Å². The van der Waals surface area contributed by atoms with E-state index >= 15 is 0 Å². The van der Waals surface area contributed by atoms with Crippen LogP contribution >= 0.6 is 0 Å². The summed E-state index contributed by atoms with van der Waals surface area (Å²) in [7, 11) is 1.51. The van der Waals surface area contributed by atoms with Gasteiger partial charge in [0, 0.05) is 13.1 Å². The van der Waals surface area contributed by atoms with Gasteiger partial charge in [-0.3, -0.25) is 4.79 Å². The van der Waals surface area contributed by atoms with E-state index in [-0.39, 0.29) is 5.91 Å². The van der Waals surface area contributed by atoms with Gasteiger partial charge in [-0.05, 0) is 47.4 Å². The molecule has 3 aromatic carbocycles. The molecule has 0 radical (unpaired) electrons. The molecular formula is C24H23NO4. The second-order valence-corrected chi connectivity index (χ2v) is 7.23. The van der Waals surface area contributed by atoms with E-state index in [2.05, 4.69) is 6.07 Å². The third kappa shape index (κ3) is 3.81. The molecule has 1 amide bonds. The number of esters is 1. The number of carbonyl (C=O) groups is 2. The summed E-state index contributed by atoms with van der Waals surface area (Å²) in [6, 6.07) is 19.4. The standard InChI is InChI=1S/C24H23NO4/c1-16(23(26)25-12-11-17-7-3-6-10-20(17)15-25)29-24(27)21-13-18-8-4-5-9-19(18)14-22(21)28-2/h3-10,13-14,16H,11-12,15H2,1-2H3.